The Morgan fingerprint density at radius 3 is 2.67 bits per heavy atom. The lowest BCUT2D eigenvalue weighted by molar-refractivity contribution is -0.117. The van der Waals surface area contributed by atoms with Gasteiger partial charge in [0.1, 0.15) is 0 Å². The summed E-state index contributed by atoms with van der Waals surface area (Å²) >= 11 is 0. The van der Waals surface area contributed by atoms with Gasteiger partial charge in [0.15, 0.2) is 11.5 Å². The van der Waals surface area contributed by atoms with Crippen LogP contribution < -0.4 is 14.8 Å². The molecule has 0 atom stereocenters. The van der Waals surface area contributed by atoms with Gasteiger partial charge in [0.2, 0.25) is 5.91 Å². The molecule has 1 saturated carbocycles. The van der Waals surface area contributed by atoms with Crippen molar-refractivity contribution in [3.63, 3.8) is 0 Å². The van der Waals surface area contributed by atoms with Gasteiger partial charge in [-0.3, -0.25) is 4.79 Å². The zero-order valence-corrected chi connectivity index (χ0v) is 15.0. The van der Waals surface area contributed by atoms with E-state index in [9.17, 15) is 4.79 Å². The molecule has 0 aliphatic heterocycles. The van der Waals surface area contributed by atoms with Crippen LogP contribution in [-0.2, 0) is 9.53 Å². The third kappa shape index (κ3) is 6.04. The van der Waals surface area contributed by atoms with Crippen molar-refractivity contribution in [3.05, 3.63) is 18.2 Å². The molecule has 1 aromatic carbocycles. The van der Waals surface area contributed by atoms with Crippen molar-refractivity contribution in [1.29, 1.82) is 0 Å². The van der Waals surface area contributed by atoms with Gasteiger partial charge in [-0.1, -0.05) is 13.8 Å². The molecule has 134 valence electrons. The largest absolute Gasteiger partial charge is 0.493 e. The minimum atomic E-state index is -0.0595. The van der Waals surface area contributed by atoms with E-state index in [0.717, 1.165) is 18.5 Å². The number of carbonyl (C=O) groups is 1. The van der Waals surface area contributed by atoms with Crippen molar-refractivity contribution in [3.8, 4) is 11.5 Å². The maximum absolute atomic E-state index is 12.0. The molecule has 24 heavy (non-hydrogen) atoms. The molecule has 0 saturated heterocycles. The minimum absolute atomic E-state index is 0.0595. The molecular formula is C19H29NO4. The highest BCUT2D eigenvalue weighted by molar-refractivity contribution is 5.91. The molecule has 0 heterocycles. The zero-order chi connectivity index (χ0) is 17.4. The Morgan fingerprint density at radius 1 is 1.25 bits per heavy atom. The van der Waals surface area contributed by atoms with Gasteiger partial charge in [0.25, 0.3) is 0 Å². The summed E-state index contributed by atoms with van der Waals surface area (Å²) in [7, 11) is 1.63. The van der Waals surface area contributed by atoms with E-state index in [1.807, 2.05) is 18.2 Å². The number of anilines is 1. The normalized spacial score (nSPS) is 14.8. The van der Waals surface area contributed by atoms with Crippen molar-refractivity contribution < 1.29 is 19.0 Å². The Balaban J connectivity index is 1.88. The fourth-order valence-electron chi connectivity index (χ4n) is 2.74. The van der Waals surface area contributed by atoms with E-state index >= 15 is 0 Å². The zero-order valence-electron chi connectivity index (χ0n) is 15.0. The maximum atomic E-state index is 12.0. The molecule has 1 amide bonds. The smallest absolute Gasteiger partial charge is 0.226 e. The van der Waals surface area contributed by atoms with Crippen molar-refractivity contribution in [2.24, 2.45) is 5.92 Å². The first kappa shape index (κ1) is 18.6. The summed E-state index contributed by atoms with van der Waals surface area (Å²) in [5.41, 5.74) is 0.720. The van der Waals surface area contributed by atoms with Gasteiger partial charge in [-0.15, -0.1) is 0 Å². The number of benzene rings is 1. The first-order chi connectivity index (χ1) is 11.6. The van der Waals surface area contributed by atoms with Crippen LogP contribution in [0.5, 0.6) is 11.5 Å². The molecular weight excluding hydrogens is 306 g/mol. The number of methoxy groups -OCH3 is 1. The second-order valence-electron chi connectivity index (χ2n) is 6.66. The van der Waals surface area contributed by atoms with Crippen LogP contribution in [0.25, 0.3) is 0 Å². The van der Waals surface area contributed by atoms with E-state index in [1.54, 1.807) is 7.11 Å². The molecule has 1 aliphatic carbocycles. The Bertz CT molecular complexity index is 524. The summed E-state index contributed by atoms with van der Waals surface area (Å²) in [5, 5.41) is 2.89. The number of ether oxygens (including phenoxy) is 3. The standard InChI is InChI=1S/C19H29NO4/c1-14(2)13-23-11-10-19(21)20-15-8-9-17(22-3)18(12-15)24-16-6-4-5-7-16/h8-9,12,14,16H,4-7,10-11,13H2,1-3H3,(H,20,21). The molecule has 0 spiro atoms. The van der Waals surface area contributed by atoms with Crippen molar-refractivity contribution >= 4 is 11.6 Å². The van der Waals surface area contributed by atoms with E-state index in [1.165, 1.54) is 12.8 Å². The van der Waals surface area contributed by atoms with Crippen LogP contribution in [0, 0.1) is 5.92 Å². The predicted octanol–water partition coefficient (Wildman–Crippen LogP) is 4.02. The van der Waals surface area contributed by atoms with Crippen LogP contribution in [-0.4, -0.2) is 32.3 Å². The van der Waals surface area contributed by atoms with E-state index in [4.69, 9.17) is 14.2 Å². The second kappa shape index (κ2) is 9.52. The fraction of sp³-hybridized carbons (Fsp3) is 0.632. The first-order valence-electron chi connectivity index (χ1n) is 8.80. The number of hydrogen-bond donors (Lipinski definition) is 1. The molecule has 0 radical (unpaired) electrons. The molecule has 1 aliphatic rings. The van der Waals surface area contributed by atoms with Gasteiger partial charge < -0.3 is 19.5 Å². The van der Waals surface area contributed by atoms with Gasteiger partial charge >= 0.3 is 0 Å². The van der Waals surface area contributed by atoms with Gasteiger partial charge in [-0.25, -0.2) is 0 Å². The fourth-order valence-corrected chi connectivity index (χ4v) is 2.74. The van der Waals surface area contributed by atoms with E-state index in [-0.39, 0.29) is 12.0 Å². The van der Waals surface area contributed by atoms with Gasteiger partial charge in [0, 0.05) is 18.4 Å². The van der Waals surface area contributed by atoms with Crippen LogP contribution in [0.3, 0.4) is 0 Å². The second-order valence-corrected chi connectivity index (χ2v) is 6.66. The topological polar surface area (TPSA) is 56.8 Å². The molecule has 1 aromatic rings. The van der Waals surface area contributed by atoms with Crippen LogP contribution in [0.4, 0.5) is 5.69 Å². The molecule has 1 N–H and O–H groups in total. The number of amides is 1. The highest BCUT2D eigenvalue weighted by Crippen LogP contribution is 2.33. The average Bonchev–Trinajstić information content (AvgIpc) is 3.05. The van der Waals surface area contributed by atoms with Crippen LogP contribution in [0.15, 0.2) is 18.2 Å². The summed E-state index contributed by atoms with van der Waals surface area (Å²) in [4.78, 5) is 12.0. The summed E-state index contributed by atoms with van der Waals surface area (Å²) in [6.07, 6.45) is 5.16. The molecule has 5 nitrogen and oxygen atoms in total. The Hall–Kier alpha value is -1.75. The van der Waals surface area contributed by atoms with E-state index in [2.05, 4.69) is 19.2 Å². The number of rotatable bonds is 9. The van der Waals surface area contributed by atoms with E-state index < -0.39 is 0 Å². The Kier molecular flexibility index (Phi) is 7.37. The number of carbonyl (C=O) groups excluding carboxylic acids is 1. The summed E-state index contributed by atoms with van der Waals surface area (Å²) < 4.78 is 16.8. The van der Waals surface area contributed by atoms with Crippen molar-refractivity contribution in [1.82, 2.24) is 0 Å². The SMILES string of the molecule is COc1ccc(NC(=O)CCOCC(C)C)cc1OC1CCCC1. The maximum Gasteiger partial charge on any atom is 0.226 e. The molecule has 5 heteroatoms. The third-order valence-electron chi connectivity index (χ3n) is 3.97. The lowest BCUT2D eigenvalue weighted by Crippen LogP contribution is -2.16. The van der Waals surface area contributed by atoms with E-state index in [0.29, 0.717) is 37.1 Å². The van der Waals surface area contributed by atoms with Crippen LogP contribution in [0.2, 0.25) is 0 Å². The highest BCUT2D eigenvalue weighted by atomic mass is 16.5. The summed E-state index contributed by atoms with van der Waals surface area (Å²) in [5.74, 6) is 1.80. The highest BCUT2D eigenvalue weighted by Gasteiger charge is 2.19. The Morgan fingerprint density at radius 2 is 2.00 bits per heavy atom. The summed E-state index contributed by atoms with van der Waals surface area (Å²) in [6, 6.07) is 5.49. The average molecular weight is 335 g/mol. The van der Waals surface area contributed by atoms with Crippen molar-refractivity contribution in [2.75, 3.05) is 25.6 Å². The lowest BCUT2D eigenvalue weighted by Gasteiger charge is -2.17. The Labute approximate surface area is 144 Å². The lowest BCUT2D eigenvalue weighted by atomic mass is 10.2. The van der Waals surface area contributed by atoms with Crippen LogP contribution >= 0.6 is 0 Å². The van der Waals surface area contributed by atoms with Crippen LogP contribution in [0.1, 0.15) is 46.0 Å². The van der Waals surface area contributed by atoms with Gasteiger partial charge in [-0.05, 0) is 43.7 Å². The number of hydrogen-bond acceptors (Lipinski definition) is 4. The third-order valence-corrected chi connectivity index (χ3v) is 3.97. The van der Waals surface area contributed by atoms with Gasteiger partial charge in [-0.2, -0.15) is 0 Å². The molecule has 0 aromatic heterocycles. The number of nitrogens with one attached hydrogen (secondary N) is 1. The molecule has 0 bridgehead atoms. The predicted molar refractivity (Wildman–Crippen MR) is 94.8 cm³/mol. The van der Waals surface area contributed by atoms with Gasteiger partial charge in [0.05, 0.1) is 26.2 Å². The van der Waals surface area contributed by atoms with Crippen molar-refractivity contribution in [2.45, 2.75) is 52.1 Å². The molecule has 0 unspecified atom stereocenters. The monoisotopic (exact) mass is 335 g/mol. The molecule has 2 rings (SSSR count). The summed E-state index contributed by atoms with van der Waals surface area (Å²) in [6.45, 7) is 5.29. The first-order valence-corrected chi connectivity index (χ1v) is 8.80. The minimum Gasteiger partial charge on any atom is -0.493 e. The molecule has 1 fully saturated rings. The quantitative estimate of drug-likeness (QED) is 0.693.